The van der Waals surface area contributed by atoms with E-state index in [1.807, 2.05) is 51.7 Å². The number of ether oxygens (including phenoxy) is 1. The first-order valence-electron chi connectivity index (χ1n) is 8.88. The van der Waals surface area contributed by atoms with Crippen LogP contribution in [0, 0.1) is 13.8 Å². The van der Waals surface area contributed by atoms with E-state index in [4.69, 9.17) is 10.5 Å². The quantitative estimate of drug-likeness (QED) is 0.622. The maximum atomic E-state index is 12.1. The summed E-state index contributed by atoms with van der Waals surface area (Å²) in [7, 11) is 0. The minimum absolute atomic E-state index is 0.289. The summed E-state index contributed by atoms with van der Waals surface area (Å²) in [6.45, 7) is 12.1. The number of carbonyl (C=O) groups is 1. The number of carbonyl (C=O) groups excluding carboxylic acids is 1. The lowest BCUT2D eigenvalue weighted by atomic mass is 10.1. The van der Waals surface area contributed by atoms with Crippen molar-refractivity contribution in [1.82, 2.24) is 9.80 Å². The maximum absolute atomic E-state index is 12.1. The molecule has 2 rings (SSSR count). The second kappa shape index (κ2) is 7.85. The number of aromatic hydroxyl groups is 1. The molecule has 1 amide bonds. The lowest BCUT2D eigenvalue weighted by Gasteiger charge is -2.36. The molecule has 7 heteroatoms. The van der Waals surface area contributed by atoms with Gasteiger partial charge in [0, 0.05) is 26.2 Å². The second-order valence-electron chi connectivity index (χ2n) is 7.71. The Morgan fingerprint density at radius 1 is 1.15 bits per heavy atom. The standard InChI is InChI=1S/C19H30N4O3/c1-13-10-15(11-14(2)16(13)24)12-21-17(20)22-6-8-23(9-7-22)18(25)26-19(3,4)5/h10-11,24H,6-9,12H2,1-5H3,(H2,20,21). The number of phenols is 1. The third-order valence-electron chi connectivity index (χ3n) is 4.23. The average molecular weight is 362 g/mol. The number of benzene rings is 1. The zero-order valence-electron chi connectivity index (χ0n) is 16.4. The third-order valence-corrected chi connectivity index (χ3v) is 4.23. The van der Waals surface area contributed by atoms with E-state index in [1.54, 1.807) is 4.90 Å². The number of guanidine groups is 1. The fourth-order valence-corrected chi connectivity index (χ4v) is 2.85. The van der Waals surface area contributed by atoms with Gasteiger partial charge in [0.05, 0.1) is 6.54 Å². The summed E-state index contributed by atoms with van der Waals surface area (Å²) in [5.41, 5.74) is 8.30. The van der Waals surface area contributed by atoms with Crippen LogP contribution < -0.4 is 5.73 Å². The largest absolute Gasteiger partial charge is 0.507 e. The molecule has 1 saturated heterocycles. The zero-order chi connectivity index (χ0) is 19.5. The number of piperazine rings is 1. The topological polar surface area (TPSA) is 91.4 Å². The van der Waals surface area contributed by atoms with Gasteiger partial charge < -0.3 is 25.4 Å². The molecular formula is C19H30N4O3. The summed E-state index contributed by atoms with van der Waals surface area (Å²) in [4.78, 5) is 20.2. The fourth-order valence-electron chi connectivity index (χ4n) is 2.85. The maximum Gasteiger partial charge on any atom is 0.410 e. The first-order chi connectivity index (χ1) is 12.1. The van der Waals surface area contributed by atoms with Crippen LogP contribution in [-0.2, 0) is 11.3 Å². The molecule has 0 saturated carbocycles. The van der Waals surface area contributed by atoms with Gasteiger partial charge in [0.2, 0.25) is 0 Å². The van der Waals surface area contributed by atoms with Crippen molar-refractivity contribution >= 4 is 12.1 Å². The highest BCUT2D eigenvalue weighted by Gasteiger charge is 2.26. The van der Waals surface area contributed by atoms with E-state index in [0.29, 0.717) is 44.4 Å². The Labute approximate surface area is 155 Å². The van der Waals surface area contributed by atoms with Gasteiger partial charge >= 0.3 is 6.09 Å². The van der Waals surface area contributed by atoms with Crippen LogP contribution in [0.1, 0.15) is 37.5 Å². The van der Waals surface area contributed by atoms with Crippen molar-refractivity contribution < 1.29 is 14.6 Å². The smallest absolute Gasteiger partial charge is 0.410 e. The molecule has 1 aliphatic heterocycles. The Kier molecular flexibility index (Phi) is 6.00. The molecule has 0 aliphatic carbocycles. The average Bonchev–Trinajstić information content (AvgIpc) is 2.56. The lowest BCUT2D eigenvalue weighted by molar-refractivity contribution is 0.0186. The number of nitrogens with two attached hydrogens (primary N) is 1. The van der Waals surface area contributed by atoms with Gasteiger partial charge in [0.15, 0.2) is 5.96 Å². The molecule has 0 radical (unpaired) electrons. The summed E-state index contributed by atoms with van der Waals surface area (Å²) < 4.78 is 5.40. The van der Waals surface area contributed by atoms with Gasteiger partial charge in [-0.1, -0.05) is 12.1 Å². The van der Waals surface area contributed by atoms with Crippen LogP contribution in [0.15, 0.2) is 17.1 Å². The summed E-state index contributed by atoms with van der Waals surface area (Å²) in [6.07, 6.45) is -0.289. The molecule has 0 aromatic heterocycles. The number of hydrogen-bond acceptors (Lipinski definition) is 4. The van der Waals surface area contributed by atoms with Crippen LogP contribution in [0.3, 0.4) is 0 Å². The van der Waals surface area contributed by atoms with Gasteiger partial charge in [-0.3, -0.25) is 0 Å². The highest BCUT2D eigenvalue weighted by Crippen LogP contribution is 2.23. The molecule has 26 heavy (non-hydrogen) atoms. The van der Waals surface area contributed by atoms with E-state index >= 15 is 0 Å². The zero-order valence-corrected chi connectivity index (χ0v) is 16.4. The first kappa shape index (κ1) is 19.9. The number of nitrogens with zero attached hydrogens (tertiary/aromatic N) is 3. The molecule has 1 aromatic carbocycles. The Balaban J connectivity index is 1.90. The SMILES string of the molecule is Cc1cc(CN=C(N)N2CCN(C(=O)OC(C)(C)C)CC2)cc(C)c1O. The van der Waals surface area contributed by atoms with E-state index in [-0.39, 0.29) is 6.09 Å². The van der Waals surface area contributed by atoms with E-state index in [9.17, 15) is 9.90 Å². The third kappa shape index (κ3) is 5.28. The van der Waals surface area contributed by atoms with Gasteiger partial charge in [0.25, 0.3) is 0 Å². The van der Waals surface area contributed by atoms with E-state index in [0.717, 1.165) is 16.7 Å². The van der Waals surface area contributed by atoms with Crippen molar-refractivity contribution in [3.05, 3.63) is 28.8 Å². The van der Waals surface area contributed by atoms with Crippen LogP contribution >= 0.6 is 0 Å². The Morgan fingerprint density at radius 2 is 1.65 bits per heavy atom. The molecule has 144 valence electrons. The molecule has 3 N–H and O–H groups in total. The highest BCUT2D eigenvalue weighted by molar-refractivity contribution is 5.78. The molecule has 0 spiro atoms. The van der Waals surface area contributed by atoms with Crippen LogP contribution in [-0.4, -0.2) is 58.7 Å². The first-order valence-corrected chi connectivity index (χ1v) is 8.88. The number of aliphatic imine (C=N–C) groups is 1. The number of aryl methyl sites for hydroxylation is 2. The Hall–Kier alpha value is -2.44. The summed E-state index contributed by atoms with van der Waals surface area (Å²) in [6, 6.07) is 3.83. The van der Waals surface area contributed by atoms with Crippen molar-refractivity contribution in [2.24, 2.45) is 10.7 Å². The summed E-state index contributed by atoms with van der Waals surface area (Å²) >= 11 is 0. The van der Waals surface area contributed by atoms with Gasteiger partial charge in [0.1, 0.15) is 11.4 Å². The van der Waals surface area contributed by atoms with Crippen molar-refractivity contribution in [1.29, 1.82) is 0 Å². The van der Waals surface area contributed by atoms with E-state index < -0.39 is 5.60 Å². The molecular weight excluding hydrogens is 332 g/mol. The molecule has 1 aromatic rings. The van der Waals surface area contributed by atoms with Crippen LogP contribution in [0.4, 0.5) is 4.79 Å². The van der Waals surface area contributed by atoms with Crippen molar-refractivity contribution in [3.8, 4) is 5.75 Å². The van der Waals surface area contributed by atoms with Crippen molar-refractivity contribution in [3.63, 3.8) is 0 Å². The Morgan fingerprint density at radius 3 is 2.15 bits per heavy atom. The summed E-state index contributed by atoms with van der Waals surface area (Å²) in [5, 5.41) is 9.84. The summed E-state index contributed by atoms with van der Waals surface area (Å²) in [5.74, 6) is 0.793. The molecule has 1 aliphatic rings. The minimum Gasteiger partial charge on any atom is -0.507 e. The minimum atomic E-state index is -0.491. The predicted octanol–water partition coefficient (Wildman–Crippen LogP) is 2.38. The van der Waals surface area contributed by atoms with Crippen LogP contribution in [0.25, 0.3) is 0 Å². The molecule has 0 bridgehead atoms. The molecule has 0 unspecified atom stereocenters. The van der Waals surface area contributed by atoms with Gasteiger partial charge in [-0.2, -0.15) is 0 Å². The normalized spacial score (nSPS) is 16.0. The highest BCUT2D eigenvalue weighted by atomic mass is 16.6. The lowest BCUT2D eigenvalue weighted by Crippen LogP contribution is -2.53. The van der Waals surface area contributed by atoms with Crippen LogP contribution in [0.5, 0.6) is 5.75 Å². The Bertz CT molecular complexity index is 664. The van der Waals surface area contributed by atoms with Crippen molar-refractivity contribution in [2.75, 3.05) is 26.2 Å². The number of rotatable bonds is 2. The van der Waals surface area contributed by atoms with E-state index in [2.05, 4.69) is 4.99 Å². The second-order valence-corrected chi connectivity index (χ2v) is 7.71. The van der Waals surface area contributed by atoms with Gasteiger partial charge in [-0.05, 0) is 51.3 Å². The number of amides is 1. The fraction of sp³-hybridized carbons (Fsp3) is 0.579. The molecule has 0 atom stereocenters. The van der Waals surface area contributed by atoms with Gasteiger partial charge in [-0.25, -0.2) is 9.79 Å². The predicted molar refractivity (Wildman–Crippen MR) is 102 cm³/mol. The molecule has 1 heterocycles. The van der Waals surface area contributed by atoms with Gasteiger partial charge in [-0.15, -0.1) is 0 Å². The number of phenolic OH excluding ortho intramolecular Hbond substituents is 1. The van der Waals surface area contributed by atoms with Crippen molar-refractivity contribution in [2.45, 2.75) is 46.8 Å². The molecule has 7 nitrogen and oxygen atoms in total. The van der Waals surface area contributed by atoms with Crippen LogP contribution in [0.2, 0.25) is 0 Å². The monoisotopic (exact) mass is 362 g/mol. The van der Waals surface area contributed by atoms with E-state index in [1.165, 1.54) is 0 Å². The number of hydrogen-bond donors (Lipinski definition) is 2. The molecule has 1 fully saturated rings.